The second-order valence-corrected chi connectivity index (χ2v) is 21.8. The minimum absolute atomic E-state index is 0. The Kier molecular flexibility index (Phi) is 11.8. The molecule has 0 saturated carbocycles. The molecule has 2 aliphatic rings. The third kappa shape index (κ3) is 8.74. The fraction of sp³-hybridized carbons (Fsp3) is 0.667. The zero-order valence-corrected chi connectivity index (χ0v) is 25.8. The predicted octanol–water partition coefficient (Wildman–Crippen LogP) is 8.36. The molecule has 0 bridgehead atoms. The first-order valence-electron chi connectivity index (χ1n) is 10.1. The largest absolute Gasteiger partial charge is 2.00 e. The summed E-state index contributed by atoms with van der Waals surface area (Å²) in [4.78, 5) is 0. The van der Waals surface area contributed by atoms with Crippen LogP contribution in [0.15, 0.2) is 33.7 Å². The van der Waals surface area contributed by atoms with E-state index in [2.05, 4.69) is 105 Å². The van der Waals surface area contributed by atoms with Crippen molar-refractivity contribution in [3.8, 4) is 0 Å². The number of hydrogen-bond donors (Lipinski definition) is 0. The topological polar surface area (TPSA) is 0 Å². The zero-order chi connectivity index (χ0) is 20.6. The van der Waals surface area contributed by atoms with E-state index in [4.69, 9.17) is 0 Å². The van der Waals surface area contributed by atoms with E-state index < -0.39 is 16.1 Å². The van der Waals surface area contributed by atoms with Crippen molar-refractivity contribution in [1.29, 1.82) is 0 Å². The third-order valence-electron chi connectivity index (χ3n) is 4.82. The normalized spacial score (nSPS) is 17.3. The van der Waals surface area contributed by atoms with Gasteiger partial charge in [0.05, 0.1) is 0 Å². The maximum atomic E-state index is 3.51. The van der Waals surface area contributed by atoms with Crippen LogP contribution in [0.25, 0.3) is 0 Å². The molecule has 4 heteroatoms. The van der Waals surface area contributed by atoms with Gasteiger partial charge in [-0.25, -0.2) is 11.1 Å². The van der Waals surface area contributed by atoms with Crippen LogP contribution in [0.4, 0.5) is 0 Å². The van der Waals surface area contributed by atoms with Gasteiger partial charge in [0.25, 0.3) is 0 Å². The fourth-order valence-corrected chi connectivity index (χ4v) is 7.46. The molecule has 0 heterocycles. The molecule has 28 heavy (non-hydrogen) atoms. The van der Waals surface area contributed by atoms with Gasteiger partial charge < -0.3 is 0 Å². The van der Waals surface area contributed by atoms with Crippen molar-refractivity contribution in [3.63, 3.8) is 0 Å². The van der Waals surface area contributed by atoms with Crippen LogP contribution in [0.5, 0.6) is 0 Å². The number of halogens is 1. The number of hydrogen-bond acceptors (Lipinski definition) is 0. The van der Waals surface area contributed by atoms with E-state index in [1.807, 2.05) is 0 Å². The minimum atomic E-state index is -1.14. The van der Waals surface area contributed by atoms with Gasteiger partial charge in [0.15, 0.2) is 0 Å². The smallest absolute Gasteiger partial charge is 0.269 e. The Bertz CT molecular complexity index is 526. The quantitative estimate of drug-likeness (QED) is 0.257. The number of rotatable bonds is 2. The van der Waals surface area contributed by atoms with Crippen molar-refractivity contribution >= 4 is 28.6 Å². The van der Waals surface area contributed by atoms with Gasteiger partial charge in [-0.3, -0.25) is 12.2 Å². The summed E-state index contributed by atoms with van der Waals surface area (Å²) >= 11 is 0. The summed E-state index contributed by atoms with van der Waals surface area (Å²) in [6.07, 6.45) is 13.9. The predicted molar refractivity (Wildman–Crippen MR) is 132 cm³/mol. The first-order chi connectivity index (χ1) is 11.5. The molecule has 0 nitrogen and oxygen atoms in total. The molecule has 0 aromatic carbocycles. The molecule has 0 aromatic rings. The van der Waals surface area contributed by atoms with Gasteiger partial charge in [0.1, 0.15) is 0 Å². The van der Waals surface area contributed by atoms with E-state index in [1.165, 1.54) is 11.1 Å². The van der Waals surface area contributed by atoms with Crippen LogP contribution in [0.3, 0.4) is 0 Å². The van der Waals surface area contributed by atoms with Gasteiger partial charge in [-0.2, -0.15) is 22.5 Å². The van der Waals surface area contributed by atoms with E-state index in [-0.39, 0.29) is 49.4 Å². The molecular formula is C24H43ClSi2Zr. The molecule has 2 aliphatic carbocycles. The fourth-order valence-electron chi connectivity index (χ4n) is 3.61. The second-order valence-electron chi connectivity index (χ2n) is 11.7. The third-order valence-corrected chi connectivity index (χ3v) is 8.97. The molecule has 0 fully saturated rings. The van der Waals surface area contributed by atoms with Crippen LogP contribution < -0.4 is 0 Å². The molecule has 0 atom stereocenters. The molecule has 0 radical (unpaired) electrons. The number of allylic oxidation sites excluding steroid dienone is 8. The average molecular weight is 514 g/mol. The Morgan fingerprint density at radius 1 is 0.643 bits per heavy atom. The molecule has 0 amide bonds. The standard InChI is InChI=1S/2C12H21Si.ClH.Zr/c2*1-12(2,3)10-8-7-9-11(10)13(4,5)6;;/h2*9H,7H2,1-6H3;1H;/q2*-1;;+2. The molecule has 0 aromatic heterocycles. The van der Waals surface area contributed by atoms with Gasteiger partial charge >= 0.3 is 26.2 Å². The summed E-state index contributed by atoms with van der Waals surface area (Å²) in [7, 11) is -2.27. The zero-order valence-electron chi connectivity index (χ0n) is 20.5. The Balaban J connectivity index is 0. The monoisotopic (exact) mass is 512 g/mol. The summed E-state index contributed by atoms with van der Waals surface area (Å²) in [6.45, 7) is 28.2. The average Bonchev–Trinajstić information content (AvgIpc) is 3.06. The van der Waals surface area contributed by atoms with E-state index in [1.54, 1.807) is 10.4 Å². The van der Waals surface area contributed by atoms with Crippen LogP contribution in [0, 0.1) is 23.0 Å². The van der Waals surface area contributed by atoms with Crippen molar-refractivity contribution in [1.82, 2.24) is 0 Å². The van der Waals surface area contributed by atoms with Crippen molar-refractivity contribution in [2.24, 2.45) is 10.8 Å². The Morgan fingerprint density at radius 2 is 0.893 bits per heavy atom. The van der Waals surface area contributed by atoms with Crippen molar-refractivity contribution < 1.29 is 26.2 Å². The van der Waals surface area contributed by atoms with E-state index in [0.29, 0.717) is 0 Å². The summed E-state index contributed by atoms with van der Waals surface area (Å²) in [6, 6.07) is 0. The summed E-state index contributed by atoms with van der Waals surface area (Å²) in [5.41, 5.74) is 3.52. The first-order valence-corrected chi connectivity index (χ1v) is 17.1. The van der Waals surface area contributed by atoms with Crippen LogP contribution in [-0.4, -0.2) is 16.1 Å². The van der Waals surface area contributed by atoms with E-state index in [9.17, 15) is 0 Å². The van der Waals surface area contributed by atoms with Crippen molar-refractivity contribution in [2.45, 2.75) is 93.7 Å². The molecule has 0 saturated heterocycles. The molecule has 0 spiro atoms. The summed E-state index contributed by atoms with van der Waals surface area (Å²) < 4.78 is 0. The maximum absolute atomic E-state index is 3.51. The molecule has 0 unspecified atom stereocenters. The van der Waals surface area contributed by atoms with E-state index in [0.717, 1.165) is 12.8 Å². The molecule has 0 aliphatic heterocycles. The summed E-state index contributed by atoms with van der Waals surface area (Å²) in [5.74, 6) is 0. The first kappa shape index (κ1) is 30.8. The second kappa shape index (κ2) is 10.7. The summed E-state index contributed by atoms with van der Waals surface area (Å²) in [5, 5.41) is 3.25. The van der Waals surface area contributed by atoms with Gasteiger partial charge in [0, 0.05) is 0 Å². The Hall–Kier alpha value is 0.567. The van der Waals surface area contributed by atoms with Gasteiger partial charge in [-0.15, -0.1) is 25.2 Å². The maximum Gasteiger partial charge on any atom is 2.00 e. The van der Waals surface area contributed by atoms with Crippen LogP contribution >= 0.6 is 12.4 Å². The van der Waals surface area contributed by atoms with Crippen LogP contribution in [0.2, 0.25) is 39.3 Å². The molecule has 2 rings (SSSR count). The van der Waals surface area contributed by atoms with E-state index >= 15 is 0 Å². The van der Waals surface area contributed by atoms with Crippen LogP contribution in [0.1, 0.15) is 54.4 Å². The molecule has 0 N–H and O–H groups in total. The van der Waals surface area contributed by atoms with Gasteiger partial charge in [0.2, 0.25) is 0 Å². The van der Waals surface area contributed by atoms with Crippen molar-refractivity contribution in [2.75, 3.05) is 0 Å². The SMILES string of the molecule is CC(C)(C)C1=[C-]CC=C1[Si](C)(C)C.CC(C)(C)C1=[C-]CC=C1[Si](C)(C)C.Cl.[Zr+2]. The van der Waals surface area contributed by atoms with Crippen LogP contribution in [-0.2, 0) is 26.2 Å². The Morgan fingerprint density at radius 3 is 1.04 bits per heavy atom. The Labute approximate surface area is 204 Å². The molecule has 158 valence electrons. The molecular weight excluding hydrogens is 471 g/mol. The minimum Gasteiger partial charge on any atom is -0.269 e. The van der Waals surface area contributed by atoms with Gasteiger partial charge in [-0.05, 0) is 27.0 Å². The van der Waals surface area contributed by atoms with Crippen molar-refractivity contribution in [3.05, 3.63) is 45.8 Å². The van der Waals surface area contributed by atoms with Gasteiger partial charge in [-0.1, -0.05) is 80.8 Å².